The topological polar surface area (TPSA) is 274 Å². The summed E-state index contributed by atoms with van der Waals surface area (Å²) in [5.74, 6) is 1.98. The van der Waals surface area contributed by atoms with Crippen molar-refractivity contribution in [2.45, 2.75) is 101 Å². The Labute approximate surface area is 474 Å². The molecule has 432 valence electrons. The number of nitrogens with one attached hydrogen (secondary N) is 1. The van der Waals surface area contributed by atoms with Gasteiger partial charge in [-0.2, -0.15) is 8.61 Å². The molecule has 2 aliphatic heterocycles. The number of halogens is 1. The van der Waals surface area contributed by atoms with Crippen LogP contribution in [0.15, 0.2) is 120 Å². The molecule has 4 aromatic carbocycles. The number of aliphatic carboxylic acids is 1. The lowest BCUT2D eigenvalue weighted by Crippen LogP contribution is -2.46. The molecule has 1 amide bonds. The molecule has 4 heterocycles. The SMILES string of the molecule is COc1cc(C)c(S(=O)(=O)N2CCCCC2COCC(=O)NCc2ccccc2Oc2cnccn2)c(C)c1.COc1cc(C)c(S(=O)(=O)N2CCCCC2COCC(=O)O)c(C)c1.Cl.NCc1ccccc1Oc1cnccn1. The van der Waals surface area contributed by atoms with Crippen molar-refractivity contribution in [3.8, 4) is 34.8 Å². The molecule has 24 heteroatoms. The molecule has 2 saturated heterocycles. The minimum atomic E-state index is -3.75. The van der Waals surface area contributed by atoms with E-state index in [1.54, 1.807) is 97.0 Å². The van der Waals surface area contributed by atoms with E-state index in [4.69, 9.17) is 39.3 Å². The van der Waals surface area contributed by atoms with Crippen molar-refractivity contribution >= 4 is 44.3 Å². The highest BCUT2D eigenvalue weighted by Crippen LogP contribution is 2.34. The van der Waals surface area contributed by atoms with E-state index in [0.29, 0.717) is 93.5 Å². The van der Waals surface area contributed by atoms with Crippen molar-refractivity contribution in [3.05, 3.63) is 143 Å². The van der Waals surface area contributed by atoms with Gasteiger partial charge in [-0.05, 0) is 112 Å². The van der Waals surface area contributed by atoms with E-state index in [1.165, 1.54) is 21.0 Å². The van der Waals surface area contributed by atoms with Crippen LogP contribution in [0.2, 0.25) is 0 Å². The number of carboxylic acid groups (broad SMARTS) is 1. The molecule has 8 rings (SSSR count). The molecule has 0 bridgehead atoms. The predicted molar refractivity (Wildman–Crippen MR) is 301 cm³/mol. The Morgan fingerprint density at radius 3 is 1.48 bits per heavy atom. The minimum absolute atomic E-state index is 0. The largest absolute Gasteiger partial charge is 0.497 e. The highest BCUT2D eigenvalue weighted by atomic mass is 35.5. The number of piperidine rings is 2. The molecule has 0 saturated carbocycles. The average Bonchev–Trinajstić information content (AvgIpc) is 3.59. The maximum atomic E-state index is 13.7. The Bertz CT molecular complexity index is 3140. The van der Waals surface area contributed by atoms with Crippen LogP contribution < -0.4 is 30.0 Å². The van der Waals surface area contributed by atoms with Crippen molar-refractivity contribution in [2.75, 3.05) is 53.7 Å². The normalized spacial score (nSPS) is 15.6. The van der Waals surface area contributed by atoms with Gasteiger partial charge in [-0.1, -0.05) is 49.2 Å². The fraction of sp³-hybridized carbons (Fsp3) is 0.393. The number of amides is 1. The number of methoxy groups -OCH3 is 2. The first-order chi connectivity index (χ1) is 38.0. The number of carbonyl (C=O) groups excluding carboxylic acids is 1. The number of aromatic nitrogens is 4. The average molecular weight is 1160 g/mol. The zero-order chi connectivity index (χ0) is 57.0. The summed E-state index contributed by atoms with van der Waals surface area (Å²) in [6.45, 7) is 8.16. The molecule has 2 aromatic heterocycles. The Balaban J connectivity index is 0.000000244. The van der Waals surface area contributed by atoms with Crippen molar-refractivity contribution in [1.29, 1.82) is 0 Å². The molecular formula is C56H71ClN8O13S2. The number of benzene rings is 4. The van der Waals surface area contributed by atoms with Gasteiger partial charge in [-0.15, -0.1) is 12.4 Å². The maximum absolute atomic E-state index is 13.7. The summed E-state index contributed by atoms with van der Waals surface area (Å²) in [5.41, 5.74) is 9.85. The Kier molecular flexibility index (Phi) is 25.0. The molecule has 2 fully saturated rings. The van der Waals surface area contributed by atoms with Crippen LogP contribution in [0.1, 0.15) is 71.9 Å². The lowest BCUT2D eigenvalue weighted by Gasteiger charge is -2.35. The van der Waals surface area contributed by atoms with Crippen LogP contribution in [-0.4, -0.2) is 128 Å². The van der Waals surface area contributed by atoms with Gasteiger partial charge in [0.2, 0.25) is 37.7 Å². The van der Waals surface area contributed by atoms with Crippen LogP contribution in [0.5, 0.6) is 34.8 Å². The molecule has 2 aliphatic rings. The maximum Gasteiger partial charge on any atom is 0.329 e. The Morgan fingerprint density at radius 1 is 0.637 bits per heavy atom. The number of hydrogen-bond acceptors (Lipinski definition) is 17. The molecule has 2 atom stereocenters. The summed E-state index contributed by atoms with van der Waals surface area (Å²) in [6, 6.07) is 21.1. The Morgan fingerprint density at radius 2 is 1.06 bits per heavy atom. The summed E-state index contributed by atoms with van der Waals surface area (Å²) >= 11 is 0. The van der Waals surface area contributed by atoms with E-state index in [-0.39, 0.29) is 56.8 Å². The smallest absolute Gasteiger partial charge is 0.329 e. The van der Waals surface area contributed by atoms with Gasteiger partial charge in [0, 0.05) is 74.2 Å². The van der Waals surface area contributed by atoms with Gasteiger partial charge in [0.05, 0.1) is 49.6 Å². The molecule has 0 aliphatic carbocycles. The summed E-state index contributed by atoms with van der Waals surface area (Å²) in [4.78, 5) is 39.8. The van der Waals surface area contributed by atoms with E-state index < -0.39 is 32.6 Å². The summed E-state index contributed by atoms with van der Waals surface area (Å²) in [7, 11) is -4.35. The Hall–Kier alpha value is -6.83. The molecule has 80 heavy (non-hydrogen) atoms. The van der Waals surface area contributed by atoms with Crippen LogP contribution in [0.25, 0.3) is 0 Å². The second-order valence-corrected chi connectivity index (χ2v) is 22.3. The first kappa shape index (κ1) is 64.0. The molecule has 21 nitrogen and oxygen atoms in total. The van der Waals surface area contributed by atoms with Gasteiger partial charge in [0.25, 0.3) is 0 Å². The second-order valence-electron chi connectivity index (χ2n) is 18.6. The van der Waals surface area contributed by atoms with Crippen molar-refractivity contribution in [2.24, 2.45) is 5.73 Å². The third kappa shape index (κ3) is 17.8. The number of para-hydroxylation sites is 2. The number of nitrogens with two attached hydrogens (primary N) is 1. The van der Waals surface area contributed by atoms with Crippen molar-refractivity contribution in [3.63, 3.8) is 0 Å². The predicted octanol–water partition coefficient (Wildman–Crippen LogP) is 7.88. The molecule has 6 aromatic rings. The van der Waals surface area contributed by atoms with Crippen molar-refractivity contribution in [1.82, 2.24) is 33.9 Å². The minimum Gasteiger partial charge on any atom is -0.497 e. The highest BCUT2D eigenvalue weighted by Gasteiger charge is 2.37. The number of carboxylic acids is 1. The van der Waals surface area contributed by atoms with Crippen LogP contribution in [0.3, 0.4) is 0 Å². The van der Waals surface area contributed by atoms with Crippen LogP contribution in [0, 0.1) is 27.7 Å². The zero-order valence-electron chi connectivity index (χ0n) is 45.8. The monoisotopic (exact) mass is 1160 g/mol. The van der Waals surface area contributed by atoms with E-state index in [0.717, 1.165) is 42.6 Å². The fourth-order valence-corrected chi connectivity index (χ4v) is 13.4. The molecule has 2 unspecified atom stereocenters. The lowest BCUT2D eigenvalue weighted by molar-refractivity contribution is -0.142. The quantitative estimate of drug-likeness (QED) is 0.0618. The van der Waals surface area contributed by atoms with Crippen LogP contribution in [-0.2, 0) is 52.2 Å². The fourth-order valence-electron chi connectivity index (χ4n) is 9.26. The van der Waals surface area contributed by atoms with Gasteiger partial charge in [-0.25, -0.2) is 31.6 Å². The highest BCUT2D eigenvalue weighted by molar-refractivity contribution is 7.89. The number of carbonyl (C=O) groups is 2. The van der Waals surface area contributed by atoms with Crippen LogP contribution in [0.4, 0.5) is 0 Å². The summed E-state index contributed by atoms with van der Waals surface area (Å²) < 4.78 is 89.6. The molecule has 0 radical (unpaired) electrons. The zero-order valence-corrected chi connectivity index (χ0v) is 48.2. The lowest BCUT2D eigenvalue weighted by atomic mass is 10.1. The van der Waals surface area contributed by atoms with E-state index >= 15 is 0 Å². The number of nitrogens with zero attached hydrogens (tertiary/aromatic N) is 6. The second kappa shape index (κ2) is 31.2. The van der Waals surface area contributed by atoms with Crippen LogP contribution >= 0.6 is 12.4 Å². The molecule has 4 N–H and O–H groups in total. The van der Waals surface area contributed by atoms with Gasteiger partial charge in [0.15, 0.2) is 0 Å². The van der Waals surface area contributed by atoms with Crippen molar-refractivity contribution < 1.29 is 60.0 Å². The number of sulfonamides is 2. The van der Waals surface area contributed by atoms with E-state index in [2.05, 4.69) is 25.3 Å². The third-order valence-electron chi connectivity index (χ3n) is 12.8. The molecule has 0 spiro atoms. The summed E-state index contributed by atoms with van der Waals surface area (Å²) in [5, 5.41) is 11.5. The standard InChI is InChI=1S/C28H34N4O6S.C17H25NO6S.C11H11N3O.ClH/c1-20-14-24(36-3)15-21(2)28(20)39(34,35)32-13-7-6-9-23(32)18-37-19-26(33)31-16-22-8-4-5-10-25(22)38-27-17-29-11-12-30-27;1-12-8-15(23-3)9-13(2)17(12)25(21,22)18-7-5-4-6-14(18)10-24-11-16(19)20;12-7-9-3-1-2-4-10(9)15-11-8-13-5-6-14-11;/h4-5,8,10-12,14-15,17,23H,6-7,9,13,16,18-19H2,1-3H3,(H,31,33);8-9,14H,4-7,10-11H2,1-3H3,(H,19,20);1-6,8H,7,12H2;1H. The summed E-state index contributed by atoms with van der Waals surface area (Å²) in [6.07, 6.45) is 14.0. The number of ether oxygens (including phenoxy) is 6. The van der Waals surface area contributed by atoms with Gasteiger partial charge < -0.3 is 44.6 Å². The number of hydrogen-bond donors (Lipinski definition) is 3. The third-order valence-corrected chi connectivity index (χ3v) is 17.4. The van der Waals surface area contributed by atoms with Gasteiger partial charge in [-0.3, -0.25) is 14.8 Å². The van der Waals surface area contributed by atoms with Gasteiger partial charge in [0.1, 0.15) is 36.2 Å². The van der Waals surface area contributed by atoms with E-state index in [9.17, 15) is 26.4 Å². The van der Waals surface area contributed by atoms with E-state index in [1.807, 2.05) is 42.5 Å². The first-order valence-corrected chi connectivity index (χ1v) is 28.6. The van der Waals surface area contributed by atoms with Gasteiger partial charge >= 0.3 is 5.97 Å². The first-order valence-electron chi connectivity index (χ1n) is 25.7. The molecular weight excluding hydrogens is 1090 g/mol. The number of aryl methyl sites for hydroxylation is 4. The number of rotatable bonds is 21.